The lowest BCUT2D eigenvalue weighted by Gasteiger charge is -2.21. The highest BCUT2D eigenvalue weighted by molar-refractivity contribution is 5.51. The molecule has 5 heteroatoms. The van der Waals surface area contributed by atoms with Gasteiger partial charge in [0.15, 0.2) is 0 Å². The van der Waals surface area contributed by atoms with E-state index in [1.54, 1.807) is 7.11 Å². The van der Waals surface area contributed by atoms with Crippen molar-refractivity contribution in [2.45, 2.75) is 39.8 Å². The zero-order valence-electron chi connectivity index (χ0n) is 13.4. The third kappa shape index (κ3) is 3.33. The number of methoxy groups -OCH3 is 1. The van der Waals surface area contributed by atoms with Gasteiger partial charge in [-0.2, -0.15) is 5.10 Å². The molecule has 5 nitrogen and oxygen atoms in total. The van der Waals surface area contributed by atoms with Gasteiger partial charge in [-0.15, -0.1) is 0 Å². The molecule has 1 fully saturated rings. The highest BCUT2D eigenvalue weighted by Crippen LogP contribution is 2.28. The van der Waals surface area contributed by atoms with Crippen LogP contribution >= 0.6 is 0 Å². The van der Waals surface area contributed by atoms with Gasteiger partial charge >= 0.3 is 0 Å². The molecule has 0 amide bonds. The van der Waals surface area contributed by atoms with Crippen LogP contribution in [0.15, 0.2) is 0 Å². The second-order valence-corrected chi connectivity index (χ2v) is 6.10. The number of anilines is 1. The van der Waals surface area contributed by atoms with E-state index in [2.05, 4.69) is 36.1 Å². The zero-order valence-corrected chi connectivity index (χ0v) is 13.4. The third-order valence-corrected chi connectivity index (χ3v) is 3.99. The number of nitrogens with one attached hydrogen (secondary N) is 1. The summed E-state index contributed by atoms with van der Waals surface area (Å²) in [7, 11) is 3.83. The minimum atomic E-state index is 0.488. The lowest BCUT2D eigenvalue weighted by molar-refractivity contribution is 0.161. The number of hydrogen-bond acceptors (Lipinski definition) is 4. The maximum atomic E-state index is 5.29. The van der Waals surface area contributed by atoms with Gasteiger partial charge < -0.3 is 15.0 Å². The molecule has 0 radical (unpaired) electrons. The average Bonchev–Trinajstić information content (AvgIpc) is 2.92. The van der Waals surface area contributed by atoms with Gasteiger partial charge in [-0.25, -0.2) is 0 Å². The maximum absolute atomic E-state index is 5.29. The highest BCUT2D eigenvalue weighted by atomic mass is 16.5. The van der Waals surface area contributed by atoms with Crippen molar-refractivity contribution in [2.75, 3.05) is 31.7 Å². The van der Waals surface area contributed by atoms with Crippen molar-refractivity contribution in [3.63, 3.8) is 0 Å². The van der Waals surface area contributed by atoms with Gasteiger partial charge in [0.1, 0.15) is 5.82 Å². The number of nitrogens with zero attached hydrogens (tertiary/aromatic N) is 3. The molecule has 1 unspecified atom stereocenters. The van der Waals surface area contributed by atoms with Crippen LogP contribution in [-0.2, 0) is 18.3 Å². The van der Waals surface area contributed by atoms with E-state index in [9.17, 15) is 0 Å². The van der Waals surface area contributed by atoms with Crippen molar-refractivity contribution < 1.29 is 4.74 Å². The average molecular weight is 280 g/mol. The van der Waals surface area contributed by atoms with Crippen molar-refractivity contribution in [2.24, 2.45) is 13.0 Å². The molecular formula is C15H28N4O. The van der Waals surface area contributed by atoms with E-state index < -0.39 is 0 Å². The Bertz CT molecular complexity index is 441. The van der Waals surface area contributed by atoms with Crippen LogP contribution in [0.4, 0.5) is 5.82 Å². The topological polar surface area (TPSA) is 42.3 Å². The second-order valence-electron chi connectivity index (χ2n) is 6.10. The summed E-state index contributed by atoms with van der Waals surface area (Å²) in [5.74, 6) is 1.91. The minimum absolute atomic E-state index is 0.488. The van der Waals surface area contributed by atoms with Gasteiger partial charge in [-0.1, -0.05) is 13.8 Å². The van der Waals surface area contributed by atoms with Crippen molar-refractivity contribution >= 4 is 5.82 Å². The Labute approximate surface area is 122 Å². The molecule has 1 aromatic heterocycles. The van der Waals surface area contributed by atoms with Crippen LogP contribution in [0.25, 0.3) is 0 Å². The summed E-state index contributed by atoms with van der Waals surface area (Å²) in [6.07, 6.45) is 1.20. The summed E-state index contributed by atoms with van der Waals surface area (Å²) >= 11 is 0. The molecule has 0 bridgehead atoms. The van der Waals surface area contributed by atoms with Gasteiger partial charge in [-0.3, -0.25) is 4.68 Å². The van der Waals surface area contributed by atoms with E-state index >= 15 is 0 Å². The van der Waals surface area contributed by atoms with Crippen molar-refractivity contribution in [1.29, 1.82) is 0 Å². The molecule has 20 heavy (non-hydrogen) atoms. The van der Waals surface area contributed by atoms with Crippen LogP contribution in [0.1, 0.15) is 31.5 Å². The molecule has 1 aliphatic rings. The van der Waals surface area contributed by atoms with Crippen LogP contribution in [0.5, 0.6) is 0 Å². The smallest absolute Gasteiger partial charge is 0.131 e. The Morgan fingerprint density at radius 3 is 2.85 bits per heavy atom. The summed E-state index contributed by atoms with van der Waals surface area (Å²) in [6.45, 7) is 10.4. The van der Waals surface area contributed by atoms with Crippen LogP contribution in [0.3, 0.4) is 0 Å². The summed E-state index contributed by atoms with van der Waals surface area (Å²) in [5, 5.41) is 8.12. The molecule has 2 rings (SSSR count). The Balaban J connectivity index is 2.14. The molecule has 1 aromatic rings. The van der Waals surface area contributed by atoms with Gasteiger partial charge in [0.25, 0.3) is 0 Å². The second kappa shape index (κ2) is 6.59. The lowest BCUT2D eigenvalue weighted by Crippen LogP contribution is -2.27. The monoisotopic (exact) mass is 280 g/mol. The summed E-state index contributed by atoms with van der Waals surface area (Å²) in [5.41, 5.74) is 2.46. The van der Waals surface area contributed by atoms with Gasteiger partial charge in [0.2, 0.25) is 0 Å². The quantitative estimate of drug-likeness (QED) is 0.861. The fourth-order valence-electron chi connectivity index (χ4n) is 3.00. The van der Waals surface area contributed by atoms with E-state index in [0.29, 0.717) is 12.0 Å². The first-order valence-electron chi connectivity index (χ1n) is 7.52. The largest absolute Gasteiger partial charge is 0.384 e. The fourth-order valence-corrected chi connectivity index (χ4v) is 3.00. The van der Waals surface area contributed by atoms with Crippen LogP contribution in [-0.4, -0.2) is 42.6 Å². The molecule has 0 aromatic carbocycles. The first kappa shape index (κ1) is 15.3. The molecule has 2 heterocycles. The Morgan fingerprint density at radius 1 is 1.45 bits per heavy atom. The summed E-state index contributed by atoms with van der Waals surface area (Å²) in [4.78, 5) is 2.46. The molecule has 1 atom stereocenters. The minimum Gasteiger partial charge on any atom is -0.384 e. The van der Waals surface area contributed by atoms with Gasteiger partial charge in [0.05, 0.1) is 12.3 Å². The fraction of sp³-hybridized carbons (Fsp3) is 0.800. The number of aryl methyl sites for hydroxylation is 2. The first-order chi connectivity index (χ1) is 9.52. The van der Waals surface area contributed by atoms with Crippen LogP contribution < -0.4 is 10.2 Å². The van der Waals surface area contributed by atoms with E-state index in [1.807, 2.05) is 11.7 Å². The molecule has 1 N–H and O–H groups in total. The number of ether oxygens (including phenoxy) is 1. The molecule has 1 saturated heterocycles. The van der Waals surface area contributed by atoms with Gasteiger partial charge in [0, 0.05) is 51.3 Å². The molecular weight excluding hydrogens is 252 g/mol. The predicted molar refractivity (Wildman–Crippen MR) is 82.1 cm³/mol. The third-order valence-electron chi connectivity index (χ3n) is 3.99. The molecule has 0 aliphatic carbocycles. The Hall–Kier alpha value is -1.07. The van der Waals surface area contributed by atoms with E-state index in [1.165, 1.54) is 17.8 Å². The van der Waals surface area contributed by atoms with E-state index in [4.69, 9.17) is 4.74 Å². The molecule has 0 spiro atoms. The van der Waals surface area contributed by atoms with E-state index in [0.717, 1.165) is 31.9 Å². The first-order valence-corrected chi connectivity index (χ1v) is 7.52. The number of aromatic nitrogens is 2. The maximum Gasteiger partial charge on any atom is 0.131 e. The van der Waals surface area contributed by atoms with E-state index in [-0.39, 0.29) is 0 Å². The highest BCUT2D eigenvalue weighted by Gasteiger charge is 2.27. The molecule has 114 valence electrons. The molecule has 0 saturated carbocycles. The zero-order chi connectivity index (χ0) is 14.7. The lowest BCUT2D eigenvalue weighted by atomic mass is 10.1. The molecule has 1 aliphatic heterocycles. The number of hydrogen-bond donors (Lipinski definition) is 1. The van der Waals surface area contributed by atoms with Gasteiger partial charge in [-0.05, 0) is 13.3 Å². The summed E-state index contributed by atoms with van der Waals surface area (Å²) in [6, 6.07) is 0.488. The SMILES string of the molecule is COCC1CCN(c2c(CNC(C)C)c(C)nn2C)C1. The number of rotatable bonds is 6. The van der Waals surface area contributed by atoms with Crippen molar-refractivity contribution in [3.8, 4) is 0 Å². The normalized spacial score (nSPS) is 19.3. The predicted octanol–water partition coefficient (Wildman–Crippen LogP) is 1.70. The Morgan fingerprint density at radius 2 is 2.20 bits per heavy atom. The van der Waals surface area contributed by atoms with Crippen LogP contribution in [0, 0.1) is 12.8 Å². The summed E-state index contributed by atoms with van der Waals surface area (Å²) < 4.78 is 7.32. The standard InChI is InChI=1S/C15H28N4O/c1-11(2)16-8-14-12(3)17-18(4)15(14)19-7-6-13(9-19)10-20-5/h11,13,16H,6-10H2,1-5H3. The Kier molecular flexibility index (Phi) is 5.05. The van der Waals surface area contributed by atoms with Crippen LogP contribution in [0.2, 0.25) is 0 Å². The van der Waals surface area contributed by atoms with Crippen molar-refractivity contribution in [3.05, 3.63) is 11.3 Å². The van der Waals surface area contributed by atoms with Crippen molar-refractivity contribution in [1.82, 2.24) is 15.1 Å².